The second kappa shape index (κ2) is 3.90. The first-order valence-corrected chi connectivity index (χ1v) is 4.89. The standard InChI is InChI=1S/C11H13NO3/c1-7(13)6-15-10-4-2-3-9-8(10)5-11(14)12-9/h2-4,7,13H,5-6H2,1H3,(H,12,14). The van der Waals surface area contributed by atoms with Gasteiger partial charge in [0.05, 0.1) is 12.5 Å². The smallest absolute Gasteiger partial charge is 0.229 e. The molecule has 1 aromatic carbocycles. The van der Waals surface area contributed by atoms with Crippen molar-refractivity contribution in [2.75, 3.05) is 11.9 Å². The molecule has 0 aromatic heterocycles. The van der Waals surface area contributed by atoms with E-state index in [1.165, 1.54) is 0 Å². The van der Waals surface area contributed by atoms with Gasteiger partial charge in [0.1, 0.15) is 12.4 Å². The third-order valence-corrected chi connectivity index (χ3v) is 2.22. The van der Waals surface area contributed by atoms with Gasteiger partial charge >= 0.3 is 0 Å². The third kappa shape index (κ3) is 2.10. The van der Waals surface area contributed by atoms with Gasteiger partial charge in [-0.05, 0) is 19.1 Å². The van der Waals surface area contributed by atoms with E-state index in [4.69, 9.17) is 9.84 Å². The maximum absolute atomic E-state index is 11.2. The molecule has 0 saturated heterocycles. The summed E-state index contributed by atoms with van der Waals surface area (Å²) in [5.74, 6) is 0.657. The number of carbonyl (C=O) groups excluding carboxylic acids is 1. The number of hydrogen-bond acceptors (Lipinski definition) is 3. The Hall–Kier alpha value is -1.55. The number of benzene rings is 1. The topological polar surface area (TPSA) is 58.6 Å². The molecular weight excluding hydrogens is 194 g/mol. The molecule has 2 rings (SSSR count). The molecule has 80 valence electrons. The van der Waals surface area contributed by atoms with Crippen LogP contribution >= 0.6 is 0 Å². The Balaban J connectivity index is 2.19. The summed E-state index contributed by atoms with van der Waals surface area (Å²) < 4.78 is 5.42. The van der Waals surface area contributed by atoms with Gasteiger partial charge < -0.3 is 15.2 Å². The lowest BCUT2D eigenvalue weighted by molar-refractivity contribution is -0.115. The van der Waals surface area contributed by atoms with Crippen LogP contribution in [0.3, 0.4) is 0 Å². The Morgan fingerprint density at radius 1 is 1.60 bits per heavy atom. The van der Waals surface area contributed by atoms with Crippen LogP contribution in [-0.4, -0.2) is 23.7 Å². The highest BCUT2D eigenvalue weighted by atomic mass is 16.5. The van der Waals surface area contributed by atoms with Crippen LogP contribution in [-0.2, 0) is 11.2 Å². The number of nitrogens with one attached hydrogen (secondary N) is 1. The van der Waals surface area contributed by atoms with E-state index in [9.17, 15) is 4.79 Å². The summed E-state index contributed by atoms with van der Waals surface area (Å²) in [6, 6.07) is 5.47. The first-order valence-electron chi connectivity index (χ1n) is 4.89. The van der Waals surface area contributed by atoms with Crippen LogP contribution in [0.25, 0.3) is 0 Å². The summed E-state index contributed by atoms with van der Waals surface area (Å²) in [5, 5.41) is 11.9. The lowest BCUT2D eigenvalue weighted by atomic mass is 10.1. The molecule has 1 amide bonds. The molecule has 1 atom stereocenters. The van der Waals surface area contributed by atoms with Crippen molar-refractivity contribution in [3.8, 4) is 5.75 Å². The van der Waals surface area contributed by atoms with E-state index in [1.54, 1.807) is 6.92 Å². The van der Waals surface area contributed by atoms with Gasteiger partial charge in [0.25, 0.3) is 0 Å². The maximum Gasteiger partial charge on any atom is 0.229 e. The Bertz CT molecular complexity index is 387. The zero-order valence-corrected chi connectivity index (χ0v) is 8.49. The lowest BCUT2D eigenvalue weighted by Gasteiger charge is -2.10. The summed E-state index contributed by atoms with van der Waals surface area (Å²) in [4.78, 5) is 11.2. The monoisotopic (exact) mass is 207 g/mol. The SMILES string of the molecule is CC(O)COc1cccc2c1CC(=O)N2. The molecular formula is C11H13NO3. The minimum atomic E-state index is -0.508. The number of rotatable bonds is 3. The van der Waals surface area contributed by atoms with Crippen molar-refractivity contribution in [3.05, 3.63) is 23.8 Å². The van der Waals surface area contributed by atoms with Crippen LogP contribution in [0.5, 0.6) is 5.75 Å². The predicted molar refractivity (Wildman–Crippen MR) is 56.0 cm³/mol. The first kappa shape index (κ1) is 9.98. The molecule has 2 N–H and O–H groups in total. The van der Waals surface area contributed by atoms with E-state index in [0.29, 0.717) is 12.2 Å². The molecule has 0 aliphatic carbocycles. The second-order valence-corrected chi connectivity index (χ2v) is 3.67. The molecule has 0 bridgehead atoms. The normalized spacial score (nSPS) is 15.7. The molecule has 0 spiro atoms. The summed E-state index contributed by atoms with van der Waals surface area (Å²) in [7, 11) is 0. The summed E-state index contributed by atoms with van der Waals surface area (Å²) >= 11 is 0. The van der Waals surface area contributed by atoms with Crippen molar-refractivity contribution < 1.29 is 14.6 Å². The maximum atomic E-state index is 11.2. The number of hydrogen-bond donors (Lipinski definition) is 2. The van der Waals surface area contributed by atoms with Gasteiger partial charge in [0.15, 0.2) is 0 Å². The number of aliphatic hydroxyl groups is 1. The average Bonchev–Trinajstić information content (AvgIpc) is 2.55. The Morgan fingerprint density at radius 2 is 2.40 bits per heavy atom. The number of anilines is 1. The molecule has 1 aliphatic rings. The number of aliphatic hydroxyl groups excluding tert-OH is 1. The van der Waals surface area contributed by atoms with Gasteiger partial charge in [-0.3, -0.25) is 4.79 Å². The van der Waals surface area contributed by atoms with Gasteiger partial charge in [-0.15, -0.1) is 0 Å². The molecule has 4 nitrogen and oxygen atoms in total. The molecule has 4 heteroatoms. The number of ether oxygens (including phenoxy) is 1. The van der Waals surface area contributed by atoms with Gasteiger partial charge in [-0.2, -0.15) is 0 Å². The minimum absolute atomic E-state index is 0.0157. The molecule has 0 fully saturated rings. The first-order chi connectivity index (χ1) is 7.16. The van der Waals surface area contributed by atoms with Crippen molar-refractivity contribution in [2.24, 2.45) is 0 Å². The zero-order valence-electron chi connectivity index (χ0n) is 8.49. The van der Waals surface area contributed by atoms with E-state index < -0.39 is 6.10 Å². The fraction of sp³-hybridized carbons (Fsp3) is 0.364. The third-order valence-electron chi connectivity index (χ3n) is 2.22. The second-order valence-electron chi connectivity index (χ2n) is 3.67. The molecule has 0 radical (unpaired) electrons. The molecule has 1 unspecified atom stereocenters. The quantitative estimate of drug-likeness (QED) is 0.775. The molecule has 15 heavy (non-hydrogen) atoms. The predicted octanol–water partition coefficient (Wildman–Crippen LogP) is 0.941. The summed E-state index contributed by atoms with van der Waals surface area (Å²) in [5.41, 5.74) is 1.69. The molecule has 1 heterocycles. The molecule has 0 saturated carbocycles. The van der Waals surface area contributed by atoms with Crippen LogP contribution in [0.2, 0.25) is 0 Å². The van der Waals surface area contributed by atoms with E-state index >= 15 is 0 Å². The number of fused-ring (bicyclic) bond motifs is 1. The van der Waals surface area contributed by atoms with Crippen molar-refractivity contribution in [1.82, 2.24) is 0 Å². The highest BCUT2D eigenvalue weighted by molar-refractivity contribution is 6.00. The van der Waals surface area contributed by atoms with Crippen LogP contribution < -0.4 is 10.1 Å². The lowest BCUT2D eigenvalue weighted by Crippen LogP contribution is -2.13. The Morgan fingerprint density at radius 3 is 3.13 bits per heavy atom. The van der Waals surface area contributed by atoms with Gasteiger partial charge in [-0.1, -0.05) is 6.07 Å². The Kier molecular flexibility index (Phi) is 2.60. The highest BCUT2D eigenvalue weighted by Crippen LogP contribution is 2.31. The minimum Gasteiger partial charge on any atom is -0.491 e. The largest absolute Gasteiger partial charge is 0.491 e. The zero-order chi connectivity index (χ0) is 10.8. The van der Waals surface area contributed by atoms with Crippen LogP contribution in [0.15, 0.2) is 18.2 Å². The van der Waals surface area contributed by atoms with Crippen molar-refractivity contribution >= 4 is 11.6 Å². The van der Waals surface area contributed by atoms with Crippen molar-refractivity contribution in [1.29, 1.82) is 0 Å². The van der Waals surface area contributed by atoms with E-state index in [0.717, 1.165) is 11.3 Å². The van der Waals surface area contributed by atoms with E-state index in [2.05, 4.69) is 5.32 Å². The highest BCUT2D eigenvalue weighted by Gasteiger charge is 2.21. The van der Waals surface area contributed by atoms with Crippen LogP contribution in [0.4, 0.5) is 5.69 Å². The van der Waals surface area contributed by atoms with Crippen LogP contribution in [0, 0.1) is 0 Å². The van der Waals surface area contributed by atoms with Gasteiger partial charge in [0, 0.05) is 11.3 Å². The average molecular weight is 207 g/mol. The molecule has 1 aromatic rings. The van der Waals surface area contributed by atoms with E-state index in [-0.39, 0.29) is 12.5 Å². The van der Waals surface area contributed by atoms with Crippen LogP contribution in [0.1, 0.15) is 12.5 Å². The fourth-order valence-corrected chi connectivity index (χ4v) is 1.57. The number of carbonyl (C=O) groups is 1. The van der Waals surface area contributed by atoms with E-state index in [1.807, 2.05) is 18.2 Å². The summed E-state index contributed by atoms with van der Waals surface area (Å²) in [6.45, 7) is 1.90. The fourth-order valence-electron chi connectivity index (χ4n) is 1.57. The number of amides is 1. The Labute approximate surface area is 87.9 Å². The van der Waals surface area contributed by atoms with Gasteiger partial charge in [0.2, 0.25) is 5.91 Å². The summed E-state index contributed by atoms with van der Waals surface area (Å²) in [6.07, 6.45) is -0.156. The van der Waals surface area contributed by atoms with Crippen molar-refractivity contribution in [2.45, 2.75) is 19.4 Å². The molecule has 1 aliphatic heterocycles. The van der Waals surface area contributed by atoms with Crippen molar-refractivity contribution in [3.63, 3.8) is 0 Å². The van der Waals surface area contributed by atoms with Gasteiger partial charge in [-0.25, -0.2) is 0 Å².